The Labute approximate surface area is 123 Å². The molecule has 0 aliphatic heterocycles. The number of aromatic nitrogens is 1. The number of benzene rings is 2. The molecule has 0 fully saturated rings. The Morgan fingerprint density at radius 1 is 1.05 bits per heavy atom. The van der Waals surface area contributed by atoms with E-state index >= 15 is 0 Å². The minimum absolute atomic E-state index is 0.254. The smallest absolute Gasteiger partial charge is 0.262 e. The van der Waals surface area contributed by atoms with Crippen LogP contribution in [-0.4, -0.2) is 13.4 Å². The number of hydrogen-bond donors (Lipinski definition) is 1. The van der Waals surface area contributed by atoms with E-state index < -0.39 is 10.0 Å². The monoisotopic (exact) mass is 298 g/mol. The average molecular weight is 298 g/mol. The van der Waals surface area contributed by atoms with Crippen LogP contribution in [0.5, 0.6) is 0 Å². The van der Waals surface area contributed by atoms with Crippen LogP contribution >= 0.6 is 0 Å². The summed E-state index contributed by atoms with van der Waals surface area (Å²) in [6, 6.07) is 14.1. The zero-order chi connectivity index (χ0) is 14.9. The van der Waals surface area contributed by atoms with Crippen LogP contribution in [0.15, 0.2) is 65.8 Å². The first-order valence-corrected chi connectivity index (χ1v) is 7.97. The predicted molar refractivity (Wildman–Crippen MR) is 83.7 cm³/mol. The van der Waals surface area contributed by atoms with Gasteiger partial charge in [-0.25, -0.2) is 8.42 Å². The highest BCUT2D eigenvalue weighted by molar-refractivity contribution is 7.93. The van der Waals surface area contributed by atoms with Gasteiger partial charge in [-0.2, -0.15) is 0 Å². The molecule has 0 saturated heterocycles. The molecular formula is C16H14N2O2S. The second-order valence-corrected chi connectivity index (χ2v) is 6.48. The van der Waals surface area contributed by atoms with E-state index in [0.717, 1.165) is 10.9 Å². The van der Waals surface area contributed by atoms with Gasteiger partial charge in [0.05, 0.1) is 4.90 Å². The highest BCUT2D eigenvalue weighted by Gasteiger charge is 2.17. The van der Waals surface area contributed by atoms with E-state index in [2.05, 4.69) is 9.71 Å². The molecule has 0 atom stereocenters. The van der Waals surface area contributed by atoms with Crippen molar-refractivity contribution in [2.75, 3.05) is 4.72 Å². The van der Waals surface area contributed by atoms with Crippen molar-refractivity contribution in [2.24, 2.45) is 0 Å². The van der Waals surface area contributed by atoms with Crippen molar-refractivity contribution in [1.82, 2.24) is 4.98 Å². The number of anilines is 1. The molecule has 0 aliphatic rings. The molecule has 0 radical (unpaired) electrons. The van der Waals surface area contributed by atoms with Gasteiger partial charge in [0.25, 0.3) is 10.0 Å². The van der Waals surface area contributed by atoms with E-state index in [1.165, 1.54) is 0 Å². The number of fused-ring (bicyclic) bond motifs is 1. The van der Waals surface area contributed by atoms with E-state index in [9.17, 15) is 8.42 Å². The maximum atomic E-state index is 12.6. The molecule has 5 heteroatoms. The molecule has 0 aliphatic carbocycles. The summed E-state index contributed by atoms with van der Waals surface area (Å²) in [6.07, 6.45) is 3.25. The third-order valence-electron chi connectivity index (χ3n) is 3.20. The van der Waals surface area contributed by atoms with Crippen molar-refractivity contribution in [3.05, 3.63) is 66.5 Å². The van der Waals surface area contributed by atoms with E-state index in [1.54, 1.807) is 42.7 Å². The van der Waals surface area contributed by atoms with E-state index in [0.29, 0.717) is 11.1 Å². The van der Waals surface area contributed by atoms with Crippen LogP contribution in [0.25, 0.3) is 10.8 Å². The zero-order valence-corrected chi connectivity index (χ0v) is 12.3. The Kier molecular flexibility index (Phi) is 3.35. The number of aryl methyl sites for hydroxylation is 1. The lowest BCUT2D eigenvalue weighted by Crippen LogP contribution is -2.13. The lowest BCUT2D eigenvalue weighted by Gasteiger charge is -2.10. The topological polar surface area (TPSA) is 59.1 Å². The van der Waals surface area contributed by atoms with Gasteiger partial charge in [-0.05, 0) is 36.8 Å². The standard InChI is InChI=1S/C16H14N2O2S/c1-12-4-2-6-14(10-12)18-21(19,20)16-7-3-5-13-11-17-9-8-15(13)16/h2-11,18H,1H3. The Bertz CT molecular complexity index is 900. The van der Waals surface area contributed by atoms with Gasteiger partial charge in [-0.15, -0.1) is 0 Å². The number of rotatable bonds is 3. The maximum absolute atomic E-state index is 12.6. The molecule has 2 aromatic carbocycles. The molecule has 3 aromatic rings. The number of nitrogens with one attached hydrogen (secondary N) is 1. The SMILES string of the molecule is Cc1cccc(NS(=O)(=O)c2cccc3cnccc23)c1. The van der Waals surface area contributed by atoms with Crippen LogP contribution in [0, 0.1) is 6.92 Å². The lowest BCUT2D eigenvalue weighted by molar-refractivity contribution is 0.602. The van der Waals surface area contributed by atoms with Gasteiger partial charge in [0.2, 0.25) is 0 Å². The average Bonchev–Trinajstić information content (AvgIpc) is 2.46. The van der Waals surface area contributed by atoms with Gasteiger partial charge < -0.3 is 0 Å². The molecule has 0 saturated carbocycles. The van der Waals surface area contributed by atoms with Gasteiger partial charge >= 0.3 is 0 Å². The van der Waals surface area contributed by atoms with Crippen molar-refractivity contribution in [3.63, 3.8) is 0 Å². The van der Waals surface area contributed by atoms with Gasteiger partial charge in [-0.1, -0.05) is 24.3 Å². The second kappa shape index (κ2) is 5.18. The summed E-state index contributed by atoms with van der Waals surface area (Å²) in [7, 11) is -3.63. The number of hydrogen-bond acceptors (Lipinski definition) is 3. The first-order valence-electron chi connectivity index (χ1n) is 6.48. The maximum Gasteiger partial charge on any atom is 0.262 e. The first kappa shape index (κ1) is 13.6. The molecule has 0 spiro atoms. The zero-order valence-electron chi connectivity index (χ0n) is 11.4. The summed E-state index contributed by atoms with van der Waals surface area (Å²) < 4.78 is 27.8. The van der Waals surface area contributed by atoms with Crippen molar-refractivity contribution in [3.8, 4) is 0 Å². The fraction of sp³-hybridized carbons (Fsp3) is 0.0625. The molecule has 1 aromatic heterocycles. The summed E-state index contributed by atoms with van der Waals surface area (Å²) in [4.78, 5) is 4.27. The molecule has 0 bridgehead atoms. The second-order valence-electron chi connectivity index (χ2n) is 4.83. The fourth-order valence-electron chi connectivity index (χ4n) is 2.25. The minimum Gasteiger partial charge on any atom is -0.280 e. The largest absolute Gasteiger partial charge is 0.280 e. The van der Waals surface area contributed by atoms with E-state index in [-0.39, 0.29) is 4.90 Å². The summed E-state index contributed by atoms with van der Waals surface area (Å²) >= 11 is 0. The fourth-order valence-corrected chi connectivity index (χ4v) is 3.53. The molecule has 3 rings (SSSR count). The van der Waals surface area contributed by atoms with Crippen molar-refractivity contribution >= 4 is 26.5 Å². The molecule has 4 nitrogen and oxygen atoms in total. The number of nitrogens with zero attached hydrogens (tertiary/aromatic N) is 1. The van der Waals surface area contributed by atoms with Crippen LogP contribution in [-0.2, 0) is 10.0 Å². The number of sulfonamides is 1. The third kappa shape index (κ3) is 2.73. The van der Waals surface area contributed by atoms with Crippen LogP contribution in [0.4, 0.5) is 5.69 Å². The molecule has 1 N–H and O–H groups in total. The third-order valence-corrected chi connectivity index (χ3v) is 4.64. The molecule has 0 amide bonds. The summed E-state index contributed by atoms with van der Waals surface area (Å²) in [5.74, 6) is 0. The van der Waals surface area contributed by atoms with Crippen LogP contribution in [0.2, 0.25) is 0 Å². The van der Waals surface area contributed by atoms with Crippen LogP contribution in [0.3, 0.4) is 0 Å². The molecule has 21 heavy (non-hydrogen) atoms. The first-order chi connectivity index (χ1) is 10.1. The van der Waals surface area contributed by atoms with Crippen molar-refractivity contribution in [1.29, 1.82) is 0 Å². The lowest BCUT2D eigenvalue weighted by atomic mass is 10.2. The van der Waals surface area contributed by atoms with Crippen LogP contribution < -0.4 is 4.72 Å². The number of pyridine rings is 1. The Hall–Kier alpha value is -2.40. The van der Waals surface area contributed by atoms with Gasteiger partial charge in [0.15, 0.2) is 0 Å². The highest BCUT2D eigenvalue weighted by Crippen LogP contribution is 2.24. The Morgan fingerprint density at radius 2 is 1.86 bits per heavy atom. The molecule has 1 heterocycles. The summed E-state index contributed by atoms with van der Waals surface area (Å²) in [5.41, 5.74) is 1.55. The predicted octanol–water partition coefficient (Wildman–Crippen LogP) is 3.34. The molecular weight excluding hydrogens is 284 g/mol. The highest BCUT2D eigenvalue weighted by atomic mass is 32.2. The summed E-state index contributed by atoms with van der Waals surface area (Å²) in [5, 5.41) is 1.46. The molecule has 0 unspecified atom stereocenters. The Balaban J connectivity index is 2.09. The Morgan fingerprint density at radius 3 is 2.67 bits per heavy atom. The minimum atomic E-state index is -3.63. The van der Waals surface area contributed by atoms with Crippen molar-refractivity contribution in [2.45, 2.75) is 11.8 Å². The van der Waals surface area contributed by atoms with Crippen LogP contribution in [0.1, 0.15) is 5.56 Å². The van der Waals surface area contributed by atoms with Gasteiger partial charge in [0.1, 0.15) is 0 Å². The van der Waals surface area contributed by atoms with Gasteiger partial charge in [-0.3, -0.25) is 9.71 Å². The molecule has 106 valence electrons. The normalized spacial score (nSPS) is 11.5. The van der Waals surface area contributed by atoms with E-state index in [4.69, 9.17) is 0 Å². The van der Waals surface area contributed by atoms with Crippen molar-refractivity contribution < 1.29 is 8.42 Å². The van der Waals surface area contributed by atoms with Gasteiger partial charge in [0, 0.05) is 28.9 Å². The quantitative estimate of drug-likeness (QED) is 0.806. The van der Waals surface area contributed by atoms with E-state index in [1.807, 2.05) is 25.1 Å². The summed E-state index contributed by atoms with van der Waals surface area (Å²) in [6.45, 7) is 1.92.